The van der Waals surface area contributed by atoms with Crippen LogP contribution in [-0.4, -0.2) is 178 Å². The van der Waals surface area contributed by atoms with Crippen LogP contribution in [0.25, 0.3) is 0 Å². The lowest BCUT2D eigenvalue weighted by atomic mass is 9.93. The summed E-state index contributed by atoms with van der Waals surface area (Å²) in [7, 11) is 5.71. The van der Waals surface area contributed by atoms with Gasteiger partial charge in [-0.05, 0) is 103 Å². The molecule has 4 rings (SSSR count). The number of likely N-dealkylation sites (N-methyl/N-ethyl adjacent to an activating group) is 4. The van der Waals surface area contributed by atoms with Gasteiger partial charge in [-0.15, -0.1) is 0 Å². The number of esters is 1. The molecule has 19 nitrogen and oxygen atoms in total. The minimum absolute atomic E-state index is 0.00817. The summed E-state index contributed by atoms with van der Waals surface area (Å²) in [6.45, 7) is 20.7. The zero-order valence-corrected chi connectivity index (χ0v) is 52.2. The average Bonchev–Trinajstić information content (AvgIpc) is 3.91. The Morgan fingerprint density at radius 2 is 1.12 bits per heavy atom. The van der Waals surface area contributed by atoms with E-state index in [-0.39, 0.29) is 44.7 Å². The Labute approximate surface area is 488 Å². The van der Waals surface area contributed by atoms with Gasteiger partial charge in [-0.3, -0.25) is 38.4 Å². The molecule has 2 aromatic carbocycles. The van der Waals surface area contributed by atoms with Crippen LogP contribution in [0.1, 0.15) is 120 Å². The van der Waals surface area contributed by atoms with Crippen molar-refractivity contribution in [3.63, 3.8) is 0 Å². The maximum atomic E-state index is 15.2. The zero-order chi connectivity index (χ0) is 60.2. The lowest BCUT2D eigenvalue weighted by Crippen LogP contribution is -2.63. The normalized spacial score (nSPS) is 26.3. The third-order valence-electron chi connectivity index (χ3n) is 15.9. The number of cyclic esters (lactones) is 1. The largest absolute Gasteiger partial charge is 0.450 e. The quantitative estimate of drug-likeness (QED) is 0.157. The van der Waals surface area contributed by atoms with Gasteiger partial charge in [0, 0.05) is 63.6 Å². The van der Waals surface area contributed by atoms with Gasteiger partial charge in [-0.2, -0.15) is 0 Å². The van der Waals surface area contributed by atoms with Gasteiger partial charge in [0.1, 0.15) is 36.3 Å². The Morgan fingerprint density at radius 1 is 0.613 bits per heavy atom. The fourth-order valence-electron chi connectivity index (χ4n) is 10.9. The number of halogens is 1. The SMILES string of the molecule is CCC(C)C1NC(=O)C2CCN(C2)C(=O)C(Cc2ccc(I)cc2)N(C)C(=O)C(Cc2ccccc2)NC(=O)[C@H](C(C)C)N(C)C(=O)[C@@H](C(C)CC)OC(=O)C(C(C)(C)O)N(C)C(=O)C(CC(C)C)NC(=O)[C@H](C(C)C)N(C)C1=O. The maximum Gasteiger partial charge on any atom is 0.332 e. The van der Waals surface area contributed by atoms with E-state index in [9.17, 15) is 38.7 Å². The molecule has 8 unspecified atom stereocenters. The standard InChI is InChI=1S/C60H91IN8O11/c1-17-37(9)46-57(76)66(14)47(35(5)6)52(71)62-43(30-34(3)4)55(74)68(16)50(60(11,12)79)59(78)80-49(38(10)18-2)58(77)67(15)48(36(7)8)53(72)63-44(31-39-22-20-19-21-23-39)54(73)65(13)45(32-40-24-26-42(61)27-25-40)56(75)69-29-28-41(33-69)51(70)64-46/h19-27,34-38,41,43-50,79H,17-18,28-33H2,1-16H3,(H,62,71)(H,63,72)(H,64,70)/t37?,38?,41?,43?,44?,45?,46?,47-,48-,49+,50?/m0/s1. The average molecular weight is 1230 g/mol. The van der Waals surface area contributed by atoms with Crippen molar-refractivity contribution in [3.8, 4) is 0 Å². The van der Waals surface area contributed by atoms with Gasteiger partial charge in [0.15, 0.2) is 12.1 Å². The number of aliphatic hydroxyl groups is 1. The second-order valence-electron chi connectivity index (χ2n) is 23.9. The number of rotatable bonds is 13. The van der Waals surface area contributed by atoms with Crippen molar-refractivity contribution in [2.75, 3.05) is 41.3 Å². The second kappa shape index (κ2) is 29.4. The van der Waals surface area contributed by atoms with E-state index >= 15 is 9.59 Å². The smallest absolute Gasteiger partial charge is 0.332 e. The Morgan fingerprint density at radius 3 is 1.64 bits per heavy atom. The molecule has 11 atom stereocenters. The van der Waals surface area contributed by atoms with E-state index in [0.717, 1.165) is 14.0 Å². The number of fused-ring (bicyclic) bond motifs is 2. The molecule has 80 heavy (non-hydrogen) atoms. The van der Waals surface area contributed by atoms with E-state index in [2.05, 4.69) is 38.5 Å². The minimum atomic E-state index is -1.97. The molecule has 2 heterocycles. The molecule has 2 aromatic rings. The van der Waals surface area contributed by atoms with E-state index in [1.54, 1.807) is 58.6 Å². The van der Waals surface area contributed by atoms with Crippen LogP contribution >= 0.6 is 22.6 Å². The molecule has 0 aromatic heterocycles. The number of hydrogen-bond acceptors (Lipinski definition) is 11. The van der Waals surface area contributed by atoms with Crippen molar-refractivity contribution < 1.29 is 53.0 Å². The van der Waals surface area contributed by atoms with Crippen LogP contribution in [-0.2, 0) is 60.7 Å². The predicted octanol–water partition coefficient (Wildman–Crippen LogP) is 4.83. The van der Waals surface area contributed by atoms with Gasteiger partial charge < -0.3 is 50.3 Å². The first-order valence-electron chi connectivity index (χ1n) is 28.3. The predicted molar refractivity (Wildman–Crippen MR) is 314 cm³/mol. The number of carbonyl (C=O) groups excluding carboxylic acids is 9. The summed E-state index contributed by atoms with van der Waals surface area (Å²) in [6, 6.07) is 7.81. The monoisotopic (exact) mass is 1230 g/mol. The van der Waals surface area contributed by atoms with E-state index in [1.807, 2.05) is 70.2 Å². The number of benzene rings is 2. The highest BCUT2D eigenvalue weighted by Crippen LogP contribution is 2.27. The van der Waals surface area contributed by atoms with Crippen molar-refractivity contribution in [2.45, 2.75) is 176 Å². The summed E-state index contributed by atoms with van der Waals surface area (Å²) >= 11 is 2.19. The summed E-state index contributed by atoms with van der Waals surface area (Å²) in [4.78, 5) is 140. The summed E-state index contributed by atoms with van der Waals surface area (Å²) in [5.74, 6) is -9.00. The van der Waals surface area contributed by atoms with Crippen LogP contribution < -0.4 is 16.0 Å². The number of nitrogens with zero attached hydrogens (tertiary/aromatic N) is 5. The van der Waals surface area contributed by atoms with E-state index in [1.165, 1.54) is 56.7 Å². The van der Waals surface area contributed by atoms with Gasteiger partial charge >= 0.3 is 5.97 Å². The lowest BCUT2D eigenvalue weighted by molar-refractivity contribution is -0.177. The summed E-state index contributed by atoms with van der Waals surface area (Å²) in [5, 5.41) is 20.5. The van der Waals surface area contributed by atoms with Gasteiger partial charge in [-0.1, -0.05) is 118 Å². The molecule has 8 amide bonds. The van der Waals surface area contributed by atoms with Crippen molar-refractivity contribution in [1.82, 2.24) is 40.4 Å². The summed E-state index contributed by atoms with van der Waals surface area (Å²) < 4.78 is 7.06. The molecule has 0 saturated carbocycles. The van der Waals surface area contributed by atoms with E-state index < -0.39 is 137 Å². The molecule has 4 N–H and O–H groups in total. The Kier molecular flexibility index (Phi) is 24.5. The van der Waals surface area contributed by atoms with Crippen LogP contribution in [0.15, 0.2) is 54.6 Å². The molecule has 0 radical (unpaired) electrons. The second-order valence-corrected chi connectivity index (χ2v) is 25.1. The van der Waals surface area contributed by atoms with Gasteiger partial charge in [0.25, 0.3) is 5.91 Å². The molecule has 2 aliphatic rings. The van der Waals surface area contributed by atoms with Gasteiger partial charge in [-0.25, -0.2) is 4.79 Å². The van der Waals surface area contributed by atoms with Crippen molar-refractivity contribution >= 4 is 75.8 Å². The minimum Gasteiger partial charge on any atom is -0.450 e. The molecule has 2 fully saturated rings. The Balaban J connectivity index is 1.94. The highest BCUT2D eigenvalue weighted by molar-refractivity contribution is 14.1. The fourth-order valence-corrected chi connectivity index (χ4v) is 11.2. The zero-order valence-electron chi connectivity index (χ0n) is 50.1. The maximum absolute atomic E-state index is 15.2. The number of ether oxygens (including phenoxy) is 1. The highest BCUT2D eigenvalue weighted by atomic mass is 127. The van der Waals surface area contributed by atoms with Crippen molar-refractivity contribution in [2.24, 2.45) is 35.5 Å². The van der Waals surface area contributed by atoms with E-state index in [4.69, 9.17) is 4.74 Å². The number of carbonyl (C=O) groups is 9. The molecule has 2 aliphatic heterocycles. The molecule has 2 saturated heterocycles. The van der Waals surface area contributed by atoms with Crippen LogP contribution in [0.4, 0.5) is 0 Å². The highest BCUT2D eigenvalue weighted by Gasteiger charge is 2.47. The van der Waals surface area contributed by atoms with Crippen molar-refractivity contribution in [1.29, 1.82) is 0 Å². The van der Waals surface area contributed by atoms with Gasteiger partial charge in [0.2, 0.25) is 41.4 Å². The first kappa shape index (κ1) is 66.9. The van der Waals surface area contributed by atoms with Gasteiger partial charge in [0.05, 0.1) is 11.5 Å². The molecular weight excluding hydrogens is 1140 g/mol. The number of hydrogen-bond donors (Lipinski definition) is 4. The lowest BCUT2D eigenvalue weighted by Gasteiger charge is -2.39. The molecule has 2 bridgehead atoms. The molecular formula is C60H91IN8O11. The van der Waals surface area contributed by atoms with Crippen LogP contribution in [0.5, 0.6) is 0 Å². The molecule has 0 spiro atoms. The Bertz CT molecular complexity index is 2490. The summed E-state index contributed by atoms with van der Waals surface area (Å²) in [6.07, 6.45) is -0.248. The Hall–Kier alpha value is -5.64. The van der Waals surface area contributed by atoms with Crippen LogP contribution in [0.2, 0.25) is 0 Å². The first-order valence-corrected chi connectivity index (χ1v) is 29.4. The van der Waals surface area contributed by atoms with Crippen LogP contribution in [0, 0.1) is 39.1 Å². The molecule has 0 aliphatic carbocycles. The first-order chi connectivity index (χ1) is 37.4. The molecule has 444 valence electrons. The van der Waals surface area contributed by atoms with Crippen molar-refractivity contribution in [3.05, 3.63) is 69.3 Å². The van der Waals surface area contributed by atoms with Crippen LogP contribution in [0.3, 0.4) is 0 Å². The van der Waals surface area contributed by atoms with E-state index in [0.29, 0.717) is 18.4 Å². The third-order valence-corrected chi connectivity index (χ3v) is 16.6. The summed E-state index contributed by atoms with van der Waals surface area (Å²) in [5.41, 5.74) is -0.505. The number of amides is 8. The fraction of sp³-hybridized carbons (Fsp3) is 0.650. The third kappa shape index (κ3) is 17.0. The molecule has 20 heteroatoms. The topological polar surface area (TPSA) is 235 Å². The number of nitrogens with one attached hydrogen (secondary N) is 3.